The van der Waals surface area contributed by atoms with E-state index in [2.05, 4.69) is 54.4 Å². The van der Waals surface area contributed by atoms with E-state index in [1.165, 1.54) is 33.6 Å². The van der Waals surface area contributed by atoms with Gasteiger partial charge in [-0.05, 0) is 0 Å². The molecule has 0 atom stereocenters. The molecule has 2 aliphatic heterocycles. The Hall–Kier alpha value is -1.32. The number of hydrogen-bond acceptors (Lipinski definition) is 2. The monoisotopic (exact) mass is 630 g/mol. The first kappa shape index (κ1) is 19.6. The van der Waals surface area contributed by atoms with Crippen molar-refractivity contribution >= 4 is 70.9 Å². The van der Waals surface area contributed by atoms with Crippen LogP contribution in [0, 0.1) is 26.8 Å². The molecule has 1 N–H and O–H groups in total. The van der Waals surface area contributed by atoms with Crippen molar-refractivity contribution in [3.8, 4) is 0 Å². The van der Waals surface area contributed by atoms with Gasteiger partial charge in [0.2, 0.25) is 0 Å². The van der Waals surface area contributed by atoms with Gasteiger partial charge in [0.1, 0.15) is 0 Å². The number of fused-ring (bicyclic) bond motifs is 2. The summed E-state index contributed by atoms with van der Waals surface area (Å²) < 4.78 is 19.3. The van der Waals surface area contributed by atoms with Crippen LogP contribution in [0.4, 0.5) is 15.8 Å². The summed E-state index contributed by atoms with van der Waals surface area (Å²) in [6, 6.07) is 16.0. The number of anilines is 1. The third-order valence-electron chi connectivity index (χ3n) is 5.05. The van der Waals surface area contributed by atoms with Crippen molar-refractivity contribution in [1.29, 1.82) is 0 Å². The van der Waals surface area contributed by atoms with Gasteiger partial charge in [-0.15, -0.1) is 0 Å². The van der Waals surface area contributed by atoms with Crippen LogP contribution in [-0.2, 0) is 0 Å². The predicted octanol–water partition coefficient (Wildman–Crippen LogP) is 7.24. The van der Waals surface area contributed by atoms with Gasteiger partial charge in [-0.25, -0.2) is 0 Å². The van der Waals surface area contributed by atoms with E-state index in [0.29, 0.717) is 10.6 Å². The van der Waals surface area contributed by atoms with Crippen LogP contribution < -0.4 is 5.32 Å². The second-order valence-electron chi connectivity index (χ2n) is 7.11. The van der Waals surface area contributed by atoms with Crippen molar-refractivity contribution < 1.29 is 4.39 Å². The Bertz CT molecular complexity index is 1230. The molecule has 0 unspecified atom stereocenters. The van der Waals surface area contributed by atoms with Crippen LogP contribution in [0.1, 0.15) is 22.3 Å². The van der Waals surface area contributed by atoms with E-state index in [1.54, 1.807) is 12.1 Å². The van der Waals surface area contributed by atoms with Gasteiger partial charge in [0, 0.05) is 0 Å². The molecule has 5 rings (SSSR count). The number of benzene rings is 3. The molecular weight excluding hydrogens is 613 g/mol. The molecule has 29 heavy (non-hydrogen) atoms. The molecule has 2 nitrogen and oxygen atoms in total. The molecule has 0 radical (unpaired) electrons. The molecule has 0 spiro atoms. The fourth-order valence-corrected chi connectivity index (χ4v) is 11.3. The van der Waals surface area contributed by atoms with Crippen molar-refractivity contribution in [3.05, 3.63) is 88.8 Å². The van der Waals surface area contributed by atoms with Crippen LogP contribution in [0.5, 0.6) is 0 Å². The topological polar surface area (TPSA) is 24.4 Å². The zero-order valence-electron chi connectivity index (χ0n) is 16.1. The van der Waals surface area contributed by atoms with Crippen LogP contribution >= 0.6 is 52.2 Å². The van der Waals surface area contributed by atoms with Crippen LogP contribution in [-0.4, -0.2) is 12.3 Å². The van der Waals surface area contributed by atoms with E-state index >= 15 is 0 Å². The summed E-state index contributed by atoms with van der Waals surface area (Å²) in [5.74, 6) is -0.266. The van der Waals surface area contributed by atoms with Gasteiger partial charge in [0.25, 0.3) is 0 Å². The molecule has 0 saturated heterocycles. The zero-order chi connectivity index (χ0) is 20.3. The van der Waals surface area contributed by atoms with Gasteiger partial charge in [-0.3, -0.25) is 0 Å². The summed E-state index contributed by atoms with van der Waals surface area (Å²) in [4.78, 5) is 7.42. The van der Waals surface area contributed by atoms with Gasteiger partial charge in [-0.1, -0.05) is 0 Å². The van der Waals surface area contributed by atoms with E-state index in [4.69, 9.17) is 16.6 Å². The molecule has 2 aliphatic rings. The molecule has 0 saturated carbocycles. The minimum absolute atomic E-state index is 0.266. The zero-order valence-corrected chi connectivity index (χ0v) is 21.1. The van der Waals surface area contributed by atoms with Crippen molar-refractivity contribution in [2.24, 2.45) is 4.99 Å². The Morgan fingerprint density at radius 2 is 1.93 bits per heavy atom. The van der Waals surface area contributed by atoms with E-state index in [1.807, 2.05) is 0 Å². The summed E-state index contributed by atoms with van der Waals surface area (Å²) in [6.45, 7) is 4.26. The van der Waals surface area contributed by atoms with Gasteiger partial charge < -0.3 is 0 Å². The fourth-order valence-electron chi connectivity index (χ4n) is 3.57. The predicted molar refractivity (Wildman–Crippen MR) is 139 cm³/mol. The number of halogens is 4. The van der Waals surface area contributed by atoms with Gasteiger partial charge in [0.15, 0.2) is 0 Å². The molecule has 0 aliphatic carbocycles. The second kappa shape index (κ2) is 7.42. The van der Waals surface area contributed by atoms with E-state index < -0.39 is 40.6 Å². The molecule has 0 aromatic heterocycles. The van der Waals surface area contributed by atoms with Crippen molar-refractivity contribution in [1.82, 2.24) is 0 Å². The van der Waals surface area contributed by atoms with Crippen molar-refractivity contribution in [3.63, 3.8) is 0 Å². The maximum absolute atomic E-state index is 14.4. The van der Waals surface area contributed by atoms with Crippen LogP contribution in [0.25, 0.3) is 0 Å². The molecule has 0 amide bonds. The molecule has 3 aromatic carbocycles. The molecule has 0 fully saturated rings. The Kier molecular flexibility index (Phi) is 5.03. The van der Waals surface area contributed by atoms with Gasteiger partial charge in [-0.2, -0.15) is 0 Å². The molecule has 0 bridgehead atoms. The summed E-state index contributed by atoms with van der Waals surface area (Å²) in [6.07, 6.45) is 0. The van der Waals surface area contributed by atoms with Gasteiger partial charge in [0.05, 0.1) is 0 Å². The Morgan fingerprint density at radius 3 is 2.72 bits per heavy atom. The third kappa shape index (κ3) is 3.35. The molecule has 148 valence electrons. The number of aliphatic imine (C=N–C) groups is 1. The van der Waals surface area contributed by atoms with E-state index in [9.17, 15) is 4.39 Å². The number of alkyl halides is 1. The van der Waals surface area contributed by atoms with E-state index in [-0.39, 0.29) is 5.82 Å². The Labute approximate surface area is 191 Å². The number of hydrogen-bond donors (Lipinski definition) is 1. The quantitative estimate of drug-likeness (QED) is 0.235. The maximum atomic E-state index is 14.4. The molecule has 2 heterocycles. The van der Waals surface area contributed by atoms with Crippen LogP contribution in [0.3, 0.4) is 0 Å². The average Bonchev–Trinajstić information content (AvgIpc) is 3.21. The number of nitrogens with one attached hydrogen (secondary N) is 1. The standard InChI is InChI=1S/C23H18ClFI2N2/c1-12-7-8-18-20(9-12)29-23(27(18)3)14-11-17-19(10-13(14)2)28-22(26-17)21-15(24)5-4-6-16(21)25/h4-11,28H,1-3H3. The summed E-state index contributed by atoms with van der Waals surface area (Å²) in [5, 5.41) is 3.90. The first-order valence-electron chi connectivity index (χ1n) is 9.10. The van der Waals surface area contributed by atoms with Gasteiger partial charge >= 0.3 is 193 Å². The minimum atomic E-state index is -1.50. The molecule has 6 heteroatoms. The summed E-state index contributed by atoms with van der Waals surface area (Å²) >= 11 is 4.27. The Balaban J connectivity index is 1.58. The number of rotatable bonds is 2. The second-order valence-corrected chi connectivity index (χ2v) is 15.2. The summed E-state index contributed by atoms with van der Waals surface area (Å²) in [7, 11) is 0. The number of nitrogens with zero attached hydrogens (tertiary/aromatic N) is 1. The van der Waals surface area contributed by atoms with Crippen molar-refractivity contribution in [2.75, 3.05) is 10.2 Å². The first-order chi connectivity index (χ1) is 13.9. The van der Waals surface area contributed by atoms with Crippen LogP contribution in [0.2, 0.25) is 5.02 Å². The SMILES string of the molecule is Cc1ccc2c(c1)N=C(c1cc3c(cc1C)NC(c1c(F)cccc1Cl)=I3)I2C. The normalized spacial score (nSPS) is 15.8. The first-order valence-corrected chi connectivity index (χ1v) is 15.9. The summed E-state index contributed by atoms with van der Waals surface area (Å²) in [5.41, 5.74) is 6.46. The number of aryl methyl sites for hydroxylation is 2. The van der Waals surface area contributed by atoms with Crippen LogP contribution in [0.15, 0.2) is 53.5 Å². The van der Waals surface area contributed by atoms with Crippen molar-refractivity contribution in [2.45, 2.75) is 13.8 Å². The molecule has 3 aromatic rings. The molecular formula is C23H18ClFI2N2. The average molecular weight is 631 g/mol. The Morgan fingerprint density at radius 1 is 1.10 bits per heavy atom. The third-order valence-corrected chi connectivity index (χ3v) is 13.2. The van der Waals surface area contributed by atoms with E-state index in [0.717, 1.165) is 15.0 Å². The fraction of sp³-hybridized carbons (Fsp3) is 0.130.